The molecule has 0 fully saturated rings. The smallest absolute Gasteiger partial charge is 0.337 e. The molecule has 3 heteroatoms. The zero-order valence-corrected chi connectivity index (χ0v) is 9.63. The molecule has 0 aromatic heterocycles. The molecule has 0 bridgehead atoms. The van der Waals surface area contributed by atoms with Gasteiger partial charge in [-0.25, -0.2) is 4.79 Å². The Kier molecular flexibility index (Phi) is 3.35. The van der Waals surface area contributed by atoms with E-state index in [1.807, 2.05) is 12.1 Å². The number of rotatable bonds is 2. The Labute approximate surface area is 90.4 Å². The molecular weight excluding hydrogens is 190 g/mol. The molecule has 0 atom stereocenters. The third-order valence-electron chi connectivity index (χ3n) is 1.80. The van der Waals surface area contributed by atoms with Gasteiger partial charge in [-0.3, -0.25) is 0 Å². The van der Waals surface area contributed by atoms with Crippen molar-refractivity contribution in [2.75, 3.05) is 12.4 Å². The third-order valence-corrected chi connectivity index (χ3v) is 1.80. The fourth-order valence-corrected chi connectivity index (χ4v) is 1.27. The van der Waals surface area contributed by atoms with Crippen LogP contribution in [0.25, 0.3) is 0 Å². The normalized spacial score (nSPS) is 10.9. The minimum absolute atomic E-state index is 0.0191. The highest BCUT2D eigenvalue weighted by molar-refractivity contribution is 5.90. The maximum Gasteiger partial charge on any atom is 0.337 e. The number of hydrogen-bond donors (Lipinski definition) is 1. The van der Waals surface area contributed by atoms with Crippen molar-refractivity contribution in [3.63, 3.8) is 0 Å². The van der Waals surface area contributed by atoms with E-state index in [0.717, 1.165) is 5.69 Å². The quantitative estimate of drug-likeness (QED) is 0.758. The molecule has 82 valence electrons. The Morgan fingerprint density at radius 2 is 2.00 bits per heavy atom. The predicted molar refractivity (Wildman–Crippen MR) is 61.2 cm³/mol. The van der Waals surface area contributed by atoms with Gasteiger partial charge in [0.15, 0.2) is 0 Å². The van der Waals surface area contributed by atoms with Gasteiger partial charge in [0, 0.05) is 11.2 Å². The molecule has 0 spiro atoms. The summed E-state index contributed by atoms with van der Waals surface area (Å²) in [4.78, 5) is 11.3. The van der Waals surface area contributed by atoms with Gasteiger partial charge < -0.3 is 10.1 Å². The number of methoxy groups -OCH3 is 1. The van der Waals surface area contributed by atoms with E-state index < -0.39 is 0 Å². The Hall–Kier alpha value is -1.51. The maximum atomic E-state index is 11.3. The lowest BCUT2D eigenvalue weighted by Gasteiger charge is -2.22. The molecule has 0 radical (unpaired) electrons. The summed E-state index contributed by atoms with van der Waals surface area (Å²) >= 11 is 0. The first-order valence-corrected chi connectivity index (χ1v) is 4.89. The first-order chi connectivity index (χ1) is 6.92. The van der Waals surface area contributed by atoms with Crippen molar-refractivity contribution in [2.24, 2.45) is 0 Å². The number of carbonyl (C=O) groups is 1. The van der Waals surface area contributed by atoms with Crippen LogP contribution in [-0.2, 0) is 4.74 Å². The molecule has 0 saturated carbocycles. The van der Waals surface area contributed by atoms with Crippen LogP contribution >= 0.6 is 0 Å². The maximum absolute atomic E-state index is 11.3. The monoisotopic (exact) mass is 207 g/mol. The Morgan fingerprint density at radius 1 is 1.33 bits per heavy atom. The average molecular weight is 207 g/mol. The van der Waals surface area contributed by atoms with E-state index >= 15 is 0 Å². The van der Waals surface area contributed by atoms with Crippen LogP contribution in [0, 0.1) is 0 Å². The van der Waals surface area contributed by atoms with Gasteiger partial charge in [0.25, 0.3) is 0 Å². The minimum Gasteiger partial charge on any atom is -0.465 e. The van der Waals surface area contributed by atoms with Gasteiger partial charge in [-0.15, -0.1) is 0 Å². The van der Waals surface area contributed by atoms with E-state index in [2.05, 4.69) is 30.8 Å². The van der Waals surface area contributed by atoms with Crippen molar-refractivity contribution < 1.29 is 9.53 Å². The molecule has 1 aromatic rings. The first-order valence-electron chi connectivity index (χ1n) is 4.89. The fourth-order valence-electron chi connectivity index (χ4n) is 1.27. The SMILES string of the molecule is COC(=O)c1cccc(NC(C)(C)C)c1. The highest BCUT2D eigenvalue weighted by Crippen LogP contribution is 2.16. The van der Waals surface area contributed by atoms with Crippen molar-refractivity contribution in [3.8, 4) is 0 Å². The van der Waals surface area contributed by atoms with Gasteiger partial charge in [0.2, 0.25) is 0 Å². The van der Waals surface area contributed by atoms with Crippen LogP contribution in [0.4, 0.5) is 5.69 Å². The lowest BCUT2D eigenvalue weighted by Crippen LogP contribution is -2.26. The minimum atomic E-state index is -0.312. The van der Waals surface area contributed by atoms with E-state index in [1.54, 1.807) is 12.1 Å². The highest BCUT2D eigenvalue weighted by Gasteiger charge is 2.11. The molecule has 0 aliphatic rings. The Bertz CT molecular complexity index is 353. The summed E-state index contributed by atoms with van der Waals surface area (Å²) in [5.41, 5.74) is 1.46. The van der Waals surface area contributed by atoms with Crippen molar-refractivity contribution in [1.82, 2.24) is 0 Å². The topological polar surface area (TPSA) is 38.3 Å². The summed E-state index contributed by atoms with van der Waals surface area (Å²) in [5, 5.41) is 3.29. The first kappa shape index (κ1) is 11.6. The van der Waals surface area contributed by atoms with E-state index in [4.69, 9.17) is 0 Å². The Morgan fingerprint density at radius 3 is 2.53 bits per heavy atom. The summed E-state index contributed by atoms with van der Waals surface area (Å²) in [5.74, 6) is -0.312. The second-order valence-electron chi connectivity index (χ2n) is 4.45. The van der Waals surface area contributed by atoms with E-state index in [1.165, 1.54) is 7.11 Å². The van der Waals surface area contributed by atoms with Crippen LogP contribution in [0.1, 0.15) is 31.1 Å². The van der Waals surface area contributed by atoms with E-state index in [9.17, 15) is 4.79 Å². The van der Waals surface area contributed by atoms with Gasteiger partial charge in [0.1, 0.15) is 0 Å². The molecule has 0 unspecified atom stereocenters. The lowest BCUT2D eigenvalue weighted by atomic mass is 10.1. The van der Waals surface area contributed by atoms with Crippen molar-refractivity contribution in [3.05, 3.63) is 29.8 Å². The molecule has 3 nitrogen and oxygen atoms in total. The van der Waals surface area contributed by atoms with Crippen LogP contribution in [0.15, 0.2) is 24.3 Å². The number of ether oxygens (including phenoxy) is 1. The molecular formula is C12H17NO2. The predicted octanol–water partition coefficient (Wildman–Crippen LogP) is 2.68. The zero-order chi connectivity index (χ0) is 11.5. The average Bonchev–Trinajstić information content (AvgIpc) is 2.14. The lowest BCUT2D eigenvalue weighted by molar-refractivity contribution is 0.0601. The largest absolute Gasteiger partial charge is 0.465 e. The van der Waals surface area contributed by atoms with Crippen LogP contribution < -0.4 is 5.32 Å². The summed E-state index contributed by atoms with van der Waals surface area (Å²) < 4.78 is 4.65. The van der Waals surface area contributed by atoms with Crippen LogP contribution in [0.3, 0.4) is 0 Å². The molecule has 0 amide bonds. The van der Waals surface area contributed by atoms with Gasteiger partial charge in [-0.1, -0.05) is 6.07 Å². The number of hydrogen-bond acceptors (Lipinski definition) is 3. The van der Waals surface area contributed by atoms with E-state index in [-0.39, 0.29) is 11.5 Å². The second-order valence-corrected chi connectivity index (χ2v) is 4.45. The summed E-state index contributed by atoms with van der Waals surface area (Å²) in [6, 6.07) is 7.29. The molecule has 0 heterocycles. The summed E-state index contributed by atoms with van der Waals surface area (Å²) in [6.07, 6.45) is 0. The van der Waals surface area contributed by atoms with Crippen LogP contribution in [0.5, 0.6) is 0 Å². The number of nitrogens with one attached hydrogen (secondary N) is 1. The number of anilines is 1. The molecule has 1 rings (SSSR count). The van der Waals surface area contributed by atoms with Crippen LogP contribution in [0.2, 0.25) is 0 Å². The third kappa shape index (κ3) is 3.62. The molecule has 1 N–H and O–H groups in total. The zero-order valence-electron chi connectivity index (χ0n) is 9.63. The molecule has 0 aliphatic carbocycles. The van der Waals surface area contributed by atoms with Crippen molar-refractivity contribution >= 4 is 11.7 Å². The number of carbonyl (C=O) groups excluding carboxylic acids is 1. The van der Waals surface area contributed by atoms with Crippen LogP contribution in [-0.4, -0.2) is 18.6 Å². The summed E-state index contributed by atoms with van der Waals surface area (Å²) in [6.45, 7) is 6.20. The molecule has 0 saturated heterocycles. The van der Waals surface area contributed by atoms with Gasteiger partial charge in [-0.05, 0) is 39.0 Å². The fraction of sp³-hybridized carbons (Fsp3) is 0.417. The Balaban J connectivity index is 2.88. The molecule has 1 aromatic carbocycles. The van der Waals surface area contributed by atoms with Gasteiger partial charge >= 0.3 is 5.97 Å². The van der Waals surface area contributed by atoms with Crippen molar-refractivity contribution in [1.29, 1.82) is 0 Å². The standard InChI is InChI=1S/C12H17NO2/c1-12(2,3)13-10-7-5-6-9(8-10)11(14)15-4/h5-8,13H,1-4H3. The summed E-state index contributed by atoms with van der Waals surface area (Å²) in [7, 11) is 1.38. The van der Waals surface area contributed by atoms with Gasteiger partial charge in [0.05, 0.1) is 12.7 Å². The van der Waals surface area contributed by atoms with Gasteiger partial charge in [-0.2, -0.15) is 0 Å². The highest BCUT2D eigenvalue weighted by atomic mass is 16.5. The second kappa shape index (κ2) is 4.34. The van der Waals surface area contributed by atoms with E-state index in [0.29, 0.717) is 5.56 Å². The van der Waals surface area contributed by atoms with Crippen molar-refractivity contribution in [2.45, 2.75) is 26.3 Å². The molecule has 15 heavy (non-hydrogen) atoms. The number of benzene rings is 1. The molecule has 0 aliphatic heterocycles. The number of esters is 1.